The molecule has 0 saturated heterocycles. The summed E-state index contributed by atoms with van der Waals surface area (Å²) >= 11 is 1.74. The highest BCUT2D eigenvalue weighted by atomic mass is 32.2. The lowest BCUT2D eigenvalue weighted by Crippen LogP contribution is -2.01. The van der Waals surface area contributed by atoms with Gasteiger partial charge in [0.25, 0.3) is 0 Å². The van der Waals surface area contributed by atoms with E-state index in [2.05, 4.69) is 68.9 Å². The van der Waals surface area contributed by atoms with Crippen LogP contribution in [0.1, 0.15) is 11.1 Å². The Morgan fingerprint density at radius 2 is 1.24 bits per heavy atom. The molecule has 1 atom stereocenters. The van der Waals surface area contributed by atoms with Crippen LogP contribution in [0.5, 0.6) is 11.5 Å². The van der Waals surface area contributed by atoms with E-state index in [1.165, 1.54) is 11.2 Å². The van der Waals surface area contributed by atoms with Crippen LogP contribution in [0.25, 0.3) is 22.3 Å². The molecule has 6 aromatic rings. The zero-order chi connectivity index (χ0) is 31.6. The predicted octanol–water partition coefficient (Wildman–Crippen LogP) is 6.46. The molecule has 0 aliphatic rings. The van der Waals surface area contributed by atoms with Gasteiger partial charge in [-0.3, -0.25) is 4.21 Å². The van der Waals surface area contributed by atoms with Gasteiger partial charge < -0.3 is 9.47 Å². The minimum Gasteiger partial charge on any atom is -0.496 e. The number of hydrogen-bond donors (Lipinski definition) is 0. The van der Waals surface area contributed by atoms with Gasteiger partial charge in [0.05, 0.1) is 27.3 Å². The van der Waals surface area contributed by atoms with E-state index < -0.39 is 10.8 Å². The molecule has 0 bridgehead atoms. The molecule has 0 saturated carbocycles. The van der Waals surface area contributed by atoms with Gasteiger partial charge in [-0.15, -0.1) is 11.8 Å². The van der Waals surface area contributed by atoms with Crippen LogP contribution in [0.4, 0.5) is 0 Å². The molecule has 1 unspecified atom stereocenters. The molecule has 0 radical (unpaired) electrons. The molecule has 0 aliphatic carbocycles. The maximum atomic E-state index is 11.7. The maximum absolute atomic E-state index is 11.7. The second-order valence-corrected chi connectivity index (χ2v) is 12.2. The lowest BCUT2D eigenvalue weighted by atomic mass is 10.0. The standard InChI is InChI=1S/C17H17N3O2S.C17H17N3OS/c1-22-17-7-6-13(10-20-12-18-11-19-20)8-16(17)14-4-3-5-15(9-14)23(2)21;1-21-17-7-6-13(10-20-12-18-11-19-20)8-16(17)14-4-3-5-15(9-14)22-2/h3-9,11-12H,10H2,1-2H3;3-9,11-12H,10H2,1-2H3. The Morgan fingerprint density at radius 3 is 1.71 bits per heavy atom. The normalized spacial score (nSPS) is 11.4. The quantitative estimate of drug-likeness (QED) is 0.158. The number of methoxy groups -OCH3 is 2. The fourth-order valence-electron chi connectivity index (χ4n) is 4.79. The van der Waals surface area contributed by atoms with Crippen molar-refractivity contribution < 1.29 is 13.7 Å². The Morgan fingerprint density at radius 1 is 0.711 bits per heavy atom. The number of benzene rings is 4. The van der Waals surface area contributed by atoms with E-state index in [1.807, 2.05) is 47.1 Å². The summed E-state index contributed by atoms with van der Waals surface area (Å²) < 4.78 is 26.3. The zero-order valence-electron chi connectivity index (χ0n) is 25.5. The van der Waals surface area contributed by atoms with E-state index >= 15 is 0 Å². The molecule has 0 spiro atoms. The Labute approximate surface area is 269 Å². The second-order valence-electron chi connectivity index (χ2n) is 9.97. The first kappa shape index (κ1) is 31.7. The minimum absolute atomic E-state index is 0.635. The van der Waals surface area contributed by atoms with Crippen molar-refractivity contribution in [2.75, 3.05) is 26.7 Å². The number of hydrogen-bond acceptors (Lipinski definition) is 8. The molecule has 4 aromatic carbocycles. The molecule has 2 heterocycles. The fraction of sp³-hybridized carbons (Fsp3) is 0.176. The highest BCUT2D eigenvalue weighted by Gasteiger charge is 2.11. The van der Waals surface area contributed by atoms with Gasteiger partial charge in [-0.25, -0.2) is 19.3 Å². The van der Waals surface area contributed by atoms with Crippen LogP contribution in [-0.2, 0) is 23.9 Å². The minimum atomic E-state index is -1.02. The van der Waals surface area contributed by atoms with Crippen molar-refractivity contribution in [1.29, 1.82) is 0 Å². The molecule has 0 fully saturated rings. The van der Waals surface area contributed by atoms with Crippen molar-refractivity contribution in [2.45, 2.75) is 22.9 Å². The maximum Gasteiger partial charge on any atom is 0.137 e. The summed E-state index contributed by atoms with van der Waals surface area (Å²) in [5, 5.41) is 8.28. The summed E-state index contributed by atoms with van der Waals surface area (Å²) in [4.78, 5) is 9.97. The smallest absolute Gasteiger partial charge is 0.137 e. The second kappa shape index (κ2) is 15.3. The first-order valence-electron chi connectivity index (χ1n) is 14.0. The van der Waals surface area contributed by atoms with E-state index in [1.54, 1.807) is 55.9 Å². The number of rotatable bonds is 10. The summed E-state index contributed by atoms with van der Waals surface area (Å²) in [7, 11) is 2.34. The fourth-order valence-corrected chi connectivity index (χ4v) is 5.82. The summed E-state index contributed by atoms with van der Waals surface area (Å²) in [5.74, 6) is 1.66. The molecule has 11 heteroatoms. The molecule has 45 heavy (non-hydrogen) atoms. The lowest BCUT2D eigenvalue weighted by molar-refractivity contribution is 0.416. The number of thioether (sulfide) groups is 1. The van der Waals surface area contributed by atoms with Gasteiger partial charge in [0, 0.05) is 38.0 Å². The predicted molar refractivity (Wildman–Crippen MR) is 179 cm³/mol. The molecular weight excluding hydrogens is 605 g/mol. The first-order valence-corrected chi connectivity index (χ1v) is 16.8. The van der Waals surface area contributed by atoms with E-state index in [0.717, 1.165) is 49.8 Å². The van der Waals surface area contributed by atoms with E-state index in [9.17, 15) is 4.21 Å². The molecule has 9 nitrogen and oxygen atoms in total. The Balaban J connectivity index is 0.000000178. The third-order valence-electron chi connectivity index (χ3n) is 7.01. The third-order valence-corrected chi connectivity index (χ3v) is 8.65. The summed E-state index contributed by atoms with van der Waals surface area (Å²) in [6, 6.07) is 28.4. The number of nitrogens with zero attached hydrogens (tertiary/aromatic N) is 6. The Hall–Kier alpha value is -4.74. The number of ether oxygens (including phenoxy) is 2. The van der Waals surface area contributed by atoms with Gasteiger partial charge in [0.2, 0.25) is 0 Å². The summed E-state index contributed by atoms with van der Waals surface area (Å²) in [6.45, 7) is 1.33. The van der Waals surface area contributed by atoms with Crippen molar-refractivity contribution in [1.82, 2.24) is 29.5 Å². The van der Waals surface area contributed by atoms with Crippen LogP contribution >= 0.6 is 11.8 Å². The van der Waals surface area contributed by atoms with Crippen LogP contribution in [0.15, 0.2) is 120 Å². The average Bonchev–Trinajstić information content (AvgIpc) is 3.80. The monoisotopic (exact) mass is 638 g/mol. The molecular formula is C34H34N6O3S2. The lowest BCUT2D eigenvalue weighted by Gasteiger charge is -2.12. The van der Waals surface area contributed by atoms with Crippen molar-refractivity contribution in [2.24, 2.45) is 0 Å². The van der Waals surface area contributed by atoms with Crippen molar-refractivity contribution in [3.8, 4) is 33.8 Å². The SMILES string of the molecule is COc1ccc(Cn2cncn2)cc1-c1cccc(S(C)=O)c1.COc1ccc(Cn2cncn2)cc1-c1cccc(SC)c1. The zero-order valence-corrected chi connectivity index (χ0v) is 27.2. The van der Waals surface area contributed by atoms with Gasteiger partial charge in [-0.05, 0) is 77.0 Å². The van der Waals surface area contributed by atoms with E-state index in [4.69, 9.17) is 9.47 Å². The van der Waals surface area contributed by atoms with Crippen LogP contribution in [0, 0.1) is 0 Å². The molecule has 0 N–H and O–H groups in total. The van der Waals surface area contributed by atoms with Crippen LogP contribution in [-0.4, -0.2) is 60.5 Å². The van der Waals surface area contributed by atoms with Crippen molar-refractivity contribution in [3.05, 3.63) is 121 Å². The molecule has 0 amide bonds. The average molecular weight is 639 g/mol. The van der Waals surface area contributed by atoms with Crippen molar-refractivity contribution in [3.63, 3.8) is 0 Å². The van der Waals surface area contributed by atoms with E-state index in [-0.39, 0.29) is 0 Å². The molecule has 0 aliphatic heterocycles. The first-order chi connectivity index (χ1) is 22.0. The van der Waals surface area contributed by atoms with Gasteiger partial charge in [0.1, 0.15) is 36.8 Å². The molecule has 6 rings (SSSR count). The Kier molecular flexibility index (Phi) is 10.8. The van der Waals surface area contributed by atoms with Gasteiger partial charge >= 0.3 is 0 Å². The van der Waals surface area contributed by atoms with Crippen LogP contribution < -0.4 is 9.47 Å². The summed E-state index contributed by atoms with van der Waals surface area (Å²) in [6.07, 6.45) is 10.2. The van der Waals surface area contributed by atoms with Gasteiger partial charge in [-0.1, -0.05) is 36.4 Å². The van der Waals surface area contributed by atoms with Crippen molar-refractivity contribution >= 4 is 22.6 Å². The largest absolute Gasteiger partial charge is 0.496 e. The highest BCUT2D eigenvalue weighted by molar-refractivity contribution is 7.98. The van der Waals surface area contributed by atoms with Crippen LogP contribution in [0.3, 0.4) is 0 Å². The third kappa shape index (κ3) is 8.25. The highest BCUT2D eigenvalue weighted by Crippen LogP contribution is 2.34. The molecule has 2 aromatic heterocycles. The molecule has 230 valence electrons. The van der Waals surface area contributed by atoms with Gasteiger partial charge in [0.15, 0.2) is 0 Å². The number of aromatic nitrogens is 6. The Bertz CT molecular complexity index is 1860. The summed E-state index contributed by atoms with van der Waals surface area (Å²) in [5.41, 5.74) is 6.46. The topological polar surface area (TPSA) is 96.9 Å². The van der Waals surface area contributed by atoms with E-state index in [0.29, 0.717) is 13.1 Å². The van der Waals surface area contributed by atoms with Crippen LogP contribution in [0.2, 0.25) is 0 Å². The van der Waals surface area contributed by atoms with Gasteiger partial charge in [-0.2, -0.15) is 10.2 Å².